The number of esters is 1. The van der Waals surface area contributed by atoms with Crippen LogP contribution in [0.3, 0.4) is 0 Å². The van der Waals surface area contributed by atoms with E-state index in [1.165, 1.54) is 83.8 Å². The van der Waals surface area contributed by atoms with E-state index in [1.807, 2.05) is 6.08 Å². The van der Waals surface area contributed by atoms with Crippen molar-refractivity contribution < 1.29 is 14.6 Å². The summed E-state index contributed by atoms with van der Waals surface area (Å²) in [5.74, 6) is -0.592. The molecule has 1 atom stereocenters. The maximum absolute atomic E-state index is 11.0. The van der Waals surface area contributed by atoms with Crippen LogP contribution in [0.1, 0.15) is 90.4 Å². The van der Waals surface area contributed by atoms with Gasteiger partial charge in [-0.1, -0.05) is 83.6 Å². The Labute approximate surface area is 137 Å². The van der Waals surface area contributed by atoms with E-state index in [0.717, 1.165) is 12.8 Å². The minimum atomic E-state index is -1.11. The van der Waals surface area contributed by atoms with E-state index >= 15 is 0 Å². The smallest absolute Gasteiger partial charge is 0.338 e. The second kappa shape index (κ2) is 16.5. The summed E-state index contributed by atoms with van der Waals surface area (Å²) in [6, 6.07) is 0. The van der Waals surface area contributed by atoms with Crippen LogP contribution in [0.15, 0.2) is 12.2 Å². The Morgan fingerprint density at radius 2 is 1.36 bits per heavy atom. The number of aliphatic hydroxyl groups is 1. The zero-order chi connectivity index (χ0) is 16.5. The first kappa shape index (κ1) is 21.2. The molecule has 0 aromatic heterocycles. The maximum atomic E-state index is 11.0. The first-order valence-corrected chi connectivity index (χ1v) is 9.15. The van der Waals surface area contributed by atoms with Gasteiger partial charge in [-0.15, -0.1) is 0 Å². The summed E-state index contributed by atoms with van der Waals surface area (Å²) in [4.78, 5) is 11.0. The molecule has 3 nitrogen and oxygen atoms in total. The number of allylic oxidation sites excluding steroid dienone is 1. The number of methoxy groups -OCH3 is 1. The predicted molar refractivity (Wildman–Crippen MR) is 92.9 cm³/mol. The van der Waals surface area contributed by atoms with Gasteiger partial charge in [-0.25, -0.2) is 4.79 Å². The first-order valence-electron chi connectivity index (χ1n) is 9.15. The van der Waals surface area contributed by atoms with E-state index in [-0.39, 0.29) is 0 Å². The van der Waals surface area contributed by atoms with Crippen molar-refractivity contribution in [3.8, 4) is 0 Å². The molecule has 0 rings (SSSR count). The lowest BCUT2D eigenvalue weighted by Gasteiger charge is -2.03. The molecule has 1 N–H and O–H groups in total. The van der Waals surface area contributed by atoms with Gasteiger partial charge in [0, 0.05) is 0 Å². The second-order valence-corrected chi connectivity index (χ2v) is 6.07. The average Bonchev–Trinajstić information content (AvgIpc) is 2.54. The molecule has 0 fully saturated rings. The molecule has 0 aliphatic heterocycles. The second-order valence-electron chi connectivity index (χ2n) is 6.07. The van der Waals surface area contributed by atoms with E-state index < -0.39 is 12.1 Å². The molecular weight excluding hydrogens is 276 g/mol. The summed E-state index contributed by atoms with van der Waals surface area (Å²) < 4.78 is 4.44. The highest BCUT2D eigenvalue weighted by molar-refractivity contribution is 5.76. The third-order valence-electron chi connectivity index (χ3n) is 3.99. The zero-order valence-electron chi connectivity index (χ0n) is 14.7. The van der Waals surface area contributed by atoms with Gasteiger partial charge < -0.3 is 9.84 Å². The van der Waals surface area contributed by atoms with Gasteiger partial charge in [-0.2, -0.15) is 0 Å². The molecule has 0 aliphatic rings. The lowest BCUT2D eigenvalue weighted by Crippen LogP contribution is -2.18. The maximum Gasteiger partial charge on any atom is 0.338 e. The fourth-order valence-corrected chi connectivity index (χ4v) is 2.53. The van der Waals surface area contributed by atoms with E-state index in [4.69, 9.17) is 0 Å². The fourth-order valence-electron chi connectivity index (χ4n) is 2.53. The Balaban J connectivity index is 3.20. The van der Waals surface area contributed by atoms with Crippen LogP contribution in [-0.4, -0.2) is 24.3 Å². The Morgan fingerprint density at radius 3 is 1.82 bits per heavy atom. The molecule has 1 unspecified atom stereocenters. The van der Waals surface area contributed by atoms with Gasteiger partial charge in [-0.3, -0.25) is 0 Å². The first-order chi connectivity index (χ1) is 10.7. The number of unbranched alkanes of at least 4 members (excludes halogenated alkanes) is 12. The highest BCUT2D eigenvalue weighted by Gasteiger charge is 2.09. The summed E-state index contributed by atoms with van der Waals surface area (Å²) in [6.07, 6.45) is 19.3. The number of carbonyl (C=O) groups is 1. The molecule has 0 saturated heterocycles. The van der Waals surface area contributed by atoms with Crippen LogP contribution in [0.25, 0.3) is 0 Å². The van der Waals surface area contributed by atoms with E-state index in [2.05, 4.69) is 11.7 Å². The van der Waals surface area contributed by atoms with E-state index in [1.54, 1.807) is 0 Å². The molecule has 3 heteroatoms. The Morgan fingerprint density at radius 1 is 0.909 bits per heavy atom. The van der Waals surface area contributed by atoms with Gasteiger partial charge in [0.15, 0.2) is 6.10 Å². The largest absolute Gasteiger partial charge is 0.467 e. The highest BCUT2D eigenvalue weighted by atomic mass is 16.5. The quantitative estimate of drug-likeness (QED) is 0.258. The average molecular weight is 312 g/mol. The Hall–Kier alpha value is -0.830. The molecule has 0 saturated carbocycles. The summed E-state index contributed by atoms with van der Waals surface area (Å²) in [5.41, 5.74) is 0. The number of rotatable bonds is 15. The van der Waals surface area contributed by atoms with Crippen LogP contribution in [0.2, 0.25) is 0 Å². The monoisotopic (exact) mass is 312 g/mol. The third-order valence-corrected chi connectivity index (χ3v) is 3.99. The minimum Gasteiger partial charge on any atom is -0.467 e. The molecule has 0 aliphatic carbocycles. The molecular formula is C19H36O3. The molecule has 0 amide bonds. The number of hydrogen-bond acceptors (Lipinski definition) is 3. The van der Waals surface area contributed by atoms with Gasteiger partial charge in [0.25, 0.3) is 0 Å². The van der Waals surface area contributed by atoms with Crippen LogP contribution in [0, 0.1) is 0 Å². The summed E-state index contributed by atoms with van der Waals surface area (Å²) >= 11 is 0. The third kappa shape index (κ3) is 14.1. The molecule has 0 spiro atoms. The molecule has 130 valence electrons. The number of ether oxygens (including phenoxy) is 1. The minimum absolute atomic E-state index is 0.592. The summed E-state index contributed by atoms with van der Waals surface area (Å²) in [7, 11) is 1.28. The topological polar surface area (TPSA) is 46.5 Å². The predicted octanol–water partition coefficient (Wildman–Crippen LogP) is 5.17. The fraction of sp³-hybridized carbons (Fsp3) is 0.842. The van der Waals surface area contributed by atoms with Gasteiger partial charge in [0.05, 0.1) is 7.11 Å². The number of hydrogen-bond donors (Lipinski definition) is 1. The van der Waals surface area contributed by atoms with Gasteiger partial charge >= 0.3 is 5.97 Å². The van der Waals surface area contributed by atoms with Crippen LogP contribution < -0.4 is 0 Å². The number of aliphatic hydroxyl groups excluding tert-OH is 1. The van der Waals surface area contributed by atoms with Crippen molar-refractivity contribution in [2.24, 2.45) is 0 Å². The van der Waals surface area contributed by atoms with Gasteiger partial charge in [0.2, 0.25) is 0 Å². The van der Waals surface area contributed by atoms with Crippen LogP contribution >= 0.6 is 0 Å². The molecule has 0 aromatic carbocycles. The van der Waals surface area contributed by atoms with Crippen LogP contribution in [-0.2, 0) is 9.53 Å². The molecule has 0 bridgehead atoms. The Kier molecular flexibility index (Phi) is 15.9. The zero-order valence-corrected chi connectivity index (χ0v) is 14.7. The van der Waals surface area contributed by atoms with Crippen molar-refractivity contribution in [1.82, 2.24) is 0 Å². The van der Waals surface area contributed by atoms with Gasteiger partial charge in [-0.05, 0) is 18.9 Å². The van der Waals surface area contributed by atoms with Crippen LogP contribution in [0.4, 0.5) is 0 Å². The number of carbonyl (C=O) groups excluding carboxylic acids is 1. The standard InChI is InChI=1S/C19H36O3/c1-3-4-5-6-7-8-9-10-11-12-13-14-15-16-17-18(20)19(21)22-2/h16-18,20H,3-15H2,1-2H3/b17-16+. The highest BCUT2D eigenvalue weighted by Crippen LogP contribution is 2.12. The summed E-state index contributed by atoms with van der Waals surface area (Å²) in [6.45, 7) is 2.26. The van der Waals surface area contributed by atoms with Crippen molar-refractivity contribution in [2.45, 2.75) is 96.5 Å². The van der Waals surface area contributed by atoms with Gasteiger partial charge in [0.1, 0.15) is 0 Å². The molecule has 0 radical (unpaired) electrons. The van der Waals surface area contributed by atoms with E-state index in [0.29, 0.717) is 0 Å². The normalized spacial score (nSPS) is 12.7. The van der Waals surface area contributed by atoms with E-state index in [9.17, 15) is 9.90 Å². The van der Waals surface area contributed by atoms with Crippen molar-refractivity contribution in [3.63, 3.8) is 0 Å². The summed E-state index contributed by atoms with van der Waals surface area (Å²) in [5, 5.41) is 9.35. The van der Waals surface area contributed by atoms with Crippen LogP contribution in [0.5, 0.6) is 0 Å². The molecule has 0 aromatic rings. The Bertz CT molecular complexity index is 274. The van der Waals surface area contributed by atoms with Crippen molar-refractivity contribution in [3.05, 3.63) is 12.2 Å². The van der Waals surface area contributed by atoms with Crippen molar-refractivity contribution in [2.75, 3.05) is 7.11 Å². The lowest BCUT2D eigenvalue weighted by atomic mass is 10.0. The molecule has 0 heterocycles. The molecule has 22 heavy (non-hydrogen) atoms. The lowest BCUT2D eigenvalue weighted by molar-refractivity contribution is -0.147. The van der Waals surface area contributed by atoms with Crippen molar-refractivity contribution >= 4 is 5.97 Å². The SMILES string of the molecule is CCCCCCCCCCCCCC/C=C/C(O)C(=O)OC. The van der Waals surface area contributed by atoms with Crippen molar-refractivity contribution in [1.29, 1.82) is 0 Å².